The molecular weight excluding hydrogens is 360 g/mol. The number of amides is 1. The van der Waals surface area contributed by atoms with E-state index in [0.29, 0.717) is 16.2 Å². The molecule has 25 heavy (non-hydrogen) atoms. The Morgan fingerprint density at radius 1 is 1.20 bits per heavy atom. The molecule has 0 bridgehead atoms. The number of benzene rings is 2. The molecule has 6 nitrogen and oxygen atoms in total. The van der Waals surface area contributed by atoms with Crippen molar-refractivity contribution in [3.05, 3.63) is 65.2 Å². The van der Waals surface area contributed by atoms with Gasteiger partial charge < -0.3 is 0 Å². The number of sulfone groups is 1. The van der Waals surface area contributed by atoms with Crippen molar-refractivity contribution < 1.29 is 18.4 Å². The van der Waals surface area contributed by atoms with E-state index < -0.39 is 15.9 Å². The Balaban J connectivity index is 1.83. The zero-order valence-electron chi connectivity index (χ0n) is 13.1. The minimum atomic E-state index is -3.57. The lowest BCUT2D eigenvalue weighted by atomic mass is 10.1. The van der Waals surface area contributed by atoms with Gasteiger partial charge in [0.2, 0.25) is 6.41 Å². The molecule has 1 atom stereocenters. The van der Waals surface area contributed by atoms with Crippen molar-refractivity contribution in [1.29, 1.82) is 0 Å². The molecule has 0 aliphatic carbocycles. The van der Waals surface area contributed by atoms with Crippen LogP contribution in [0.15, 0.2) is 54.0 Å². The van der Waals surface area contributed by atoms with Crippen LogP contribution in [-0.2, 0) is 20.4 Å². The fourth-order valence-electron chi connectivity index (χ4n) is 2.62. The molecule has 0 spiro atoms. The predicted molar refractivity (Wildman–Crippen MR) is 96.0 cm³/mol. The second kappa shape index (κ2) is 7.30. The van der Waals surface area contributed by atoms with E-state index in [0.717, 1.165) is 10.2 Å². The third kappa shape index (κ3) is 4.22. The molecule has 3 rings (SSSR count). The third-order valence-corrected chi connectivity index (χ3v) is 6.19. The Morgan fingerprint density at radius 2 is 1.96 bits per heavy atom. The maximum absolute atomic E-state index is 12.6. The normalized spacial score (nSPS) is 12.8. The highest BCUT2D eigenvalue weighted by Crippen LogP contribution is 2.24. The van der Waals surface area contributed by atoms with Crippen molar-refractivity contribution >= 4 is 37.8 Å². The number of nitrogens with zero attached hydrogens (tertiary/aromatic N) is 2. The first kappa shape index (κ1) is 17.5. The summed E-state index contributed by atoms with van der Waals surface area (Å²) in [4.78, 5) is 15.1. The lowest BCUT2D eigenvalue weighted by molar-refractivity contribution is -0.158. The number of fused-ring (bicyclic) bond motifs is 1. The van der Waals surface area contributed by atoms with Crippen molar-refractivity contribution in [2.24, 2.45) is 0 Å². The fourth-order valence-corrected chi connectivity index (χ4v) is 4.99. The maximum atomic E-state index is 12.6. The van der Waals surface area contributed by atoms with E-state index in [4.69, 9.17) is 0 Å². The van der Waals surface area contributed by atoms with Crippen LogP contribution in [0.1, 0.15) is 17.2 Å². The average Bonchev–Trinajstić information content (AvgIpc) is 3.07. The molecule has 8 heteroatoms. The Morgan fingerprint density at radius 3 is 2.68 bits per heavy atom. The van der Waals surface area contributed by atoms with Gasteiger partial charge in [-0.2, -0.15) is 0 Å². The molecule has 0 saturated carbocycles. The number of hydrogen-bond acceptors (Lipinski definition) is 6. The summed E-state index contributed by atoms with van der Waals surface area (Å²) in [6.45, 7) is 0. The Hall–Kier alpha value is -2.29. The lowest BCUT2D eigenvalue weighted by Crippen LogP contribution is -2.30. The van der Waals surface area contributed by atoms with E-state index in [9.17, 15) is 18.4 Å². The topological polar surface area (TPSA) is 87.6 Å². The van der Waals surface area contributed by atoms with Gasteiger partial charge in [0.15, 0.2) is 9.84 Å². The van der Waals surface area contributed by atoms with Crippen LogP contribution < -0.4 is 0 Å². The van der Waals surface area contributed by atoms with Gasteiger partial charge in [-0.15, -0.1) is 11.3 Å². The van der Waals surface area contributed by atoms with Gasteiger partial charge in [-0.3, -0.25) is 10.0 Å². The van der Waals surface area contributed by atoms with Crippen LogP contribution in [0.25, 0.3) is 10.2 Å². The van der Waals surface area contributed by atoms with Gasteiger partial charge in [0.1, 0.15) is 0 Å². The van der Waals surface area contributed by atoms with E-state index in [1.807, 2.05) is 0 Å². The molecule has 0 radical (unpaired) electrons. The van der Waals surface area contributed by atoms with E-state index in [-0.39, 0.29) is 17.9 Å². The Labute approximate surface area is 149 Å². The van der Waals surface area contributed by atoms with Gasteiger partial charge in [-0.05, 0) is 23.3 Å². The standard InChI is InChI=1S/C17H16N2O4S2/c20-12-19(21)16(14-4-2-1-3-5-14)10-25(22,23)9-13-6-7-15-17(8-13)24-11-18-15/h1-8,11-12,16,21H,9-10H2. The summed E-state index contributed by atoms with van der Waals surface area (Å²) in [5.41, 5.74) is 3.75. The highest BCUT2D eigenvalue weighted by Gasteiger charge is 2.25. The molecule has 1 amide bonds. The van der Waals surface area contributed by atoms with Gasteiger partial charge in [-0.25, -0.2) is 18.5 Å². The average molecular weight is 376 g/mol. The first-order chi connectivity index (χ1) is 12.0. The minimum Gasteiger partial charge on any atom is -0.285 e. The highest BCUT2D eigenvalue weighted by molar-refractivity contribution is 7.90. The smallest absolute Gasteiger partial charge is 0.233 e. The summed E-state index contributed by atoms with van der Waals surface area (Å²) >= 11 is 1.45. The van der Waals surface area contributed by atoms with Crippen LogP contribution in [0.3, 0.4) is 0 Å². The number of hydrogen-bond donors (Lipinski definition) is 1. The summed E-state index contributed by atoms with van der Waals surface area (Å²) in [6.07, 6.45) is 0.219. The zero-order valence-corrected chi connectivity index (χ0v) is 14.8. The molecule has 3 aromatic rings. The molecule has 130 valence electrons. The molecule has 1 unspecified atom stereocenters. The van der Waals surface area contributed by atoms with Gasteiger partial charge in [-0.1, -0.05) is 36.4 Å². The SMILES string of the molecule is O=CN(O)C(CS(=O)(=O)Cc1ccc2ncsc2c1)c1ccccc1. The van der Waals surface area contributed by atoms with Crippen LogP contribution in [0.4, 0.5) is 0 Å². The maximum Gasteiger partial charge on any atom is 0.233 e. The molecule has 1 aromatic heterocycles. The molecular formula is C17H16N2O4S2. The third-order valence-electron chi connectivity index (χ3n) is 3.81. The second-order valence-electron chi connectivity index (χ2n) is 5.62. The molecule has 0 aliphatic rings. The van der Waals surface area contributed by atoms with E-state index in [1.54, 1.807) is 54.0 Å². The number of carbonyl (C=O) groups is 1. The summed E-state index contributed by atoms with van der Waals surface area (Å²) in [5.74, 6) is -0.538. The zero-order chi connectivity index (χ0) is 17.9. The van der Waals surface area contributed by atoms with E-state index in [2.05, 4.69) is 4.98 Å². The Kier molecular flexibility index (Phi) is 5.12. The van der Waals surface area contributed by atoms with Crippen LogP contribution in [-0.4, -0.2) is 35.8 Å². The summed E-state index contributed by atoms with van der Waals surface area (Å²) in [7, 11) is -3.57. The van der Waals surface area contributed by atoms with Crippen LogP contribution in [0, 0.1) is 0 Å². The van der Waals surface area contributed by atoms with Crippen LogP contribution in [0.5, 0.6) is 0 Å². The summed E-state index contributed by atoms with van der Waals surface area (Å²) in [6, 6.07) is 13.0. The van der Waals surface area contributed by atoms with Crippen LogP contribution >= 0.6 is 11.3 Å². The molecule has 2 aromatic carbocycles. The quantitative estimate of drug-likeness (QED) is 0.389. The van der Waals surface area contributed by atoms with Gasteiger partial charge in [0.05, 0.1) is 33.3 Å². The van der Waals surface area contributed by atoms with Crippen molar-refractivity contribution in [2.45, 2.75) is 11.8 Å². The largest absolute Gasteiger partial charge is 0.285 e. The molecule has 1 heterocycles. The van der Waals surface area contributed by atoms with E-state index >= 15 is 0 Å². The van der Waals surface area contributed by atoms with Gasteiger partial charge >= 0.3 is 0 Å². The molecule has 0 saturated heterocycles. The highest BCUT2D eigenvalue weighted by atomic mass is 32.2. The fraction of sp³-hybridized carbons (Fsp3) is 0.176. The molecule has 0 fully saturated rings. The summed E-state index contributed by atoms with van der Waals surface area (Å²) < 4.78 is 26.1. The summed E-state index contributed by atoms with van der Waals surface area (Å²) in [5, 5.41) is 10.2. The number of rotatable bonds is 7. The number of aromatic nitrogens is 1. The number of carbonyl (C=O) groups excluding carboxylic acids is 1. The first-order valence-electron chi connectivity index (χ1n) is 7.48. The van der Waals surface area contributed by atoms with Crippen molar-refractivity contribution in [3.63, 3.8) is 0 Å². The van der Waals surface area contributed by atoms with E-state index in [1.165, 1.54) is 11.3 Å². The van der Waals surface area contributed by atoms with Gasteiger partial charge in [0, 0.05) is 0 Å². The lowest BCUT2D eigenvalue weighted by Gasteiger charge is -2.22. The first-order valence-corrected chi connectivity index (χ1v) is 10.2. The van der Waals surface area contributed by atoms with Crippen molar-refractivity contribution in [1.82, 2.24) is 10.0 Å². The van der Waals surface area contributed by atoms with Gasteiger partial charge in [0.25, 0.3) is 0 Å². The monoisotopic (exact) mass is 376 g/mol. The molecule has 0 aliphatic heterocycles. The predicted octanol–water partition coefficient (Wildman–Crippen LogP) is 2.80. The Bertz CT molecular complexity index is 970. The number of thiazole rings is 1. The second-order valence-corrected chi connectivity index (χ2v) is 8.62. The minimum absolute atomic E-state index is 0.170. The molecule has 1 N–H and O–H groups in total. The number of hydroxylamine groups is 2. The van der Waals surface area contributed by atoms with Crippen molar-refractivity contribution in [3.8, 4) is 0 Å². The van der Waals surface area contributed by atoms with Crippen molar-refractivity contribution in [2.75, 3.05) is 5.75 Å². The van der Waals surface area contributed by atoms with Crippen LogP contribution in [0.2, 0.25) is 0 Å².